The van der Waals surface area contributed by atoms with E-state index in [1.54, 1.807) is 0 Å². The number of hydrogen-bond donors (Lipinski definition) is 0. The summed E-state index contributed by atoms with van der Waals surface area (Å²) < 4.78 is 11.6. The van der Waals surface area contributed by atoms with Crippen LogP contribution in [0.15, 0.2) is 217 Å². The molecule has 13 rings (SSSR count). The smallest absolute Gasteiger partial charge is 0.166 e. The largest absolute Gasteiger partial charge is 0.455 e. The molecule has 0 saturated heterocycles. The molecular weight excluding hydrogens is 771 g/mol. The molecule has 4 heterocycles. The highest BCUT2D eigenvalue weighted by atomic mass is 16.3. The van der Waals surface area contributed by atoms with Gasteiger partial charge in [-0.1, -0.05) is 158 Å². The van der Waals surface area contributed by atoms with Crippen molar-refractivity contribution in [2.75, 3.05) is 0 Å². The van der Waals surface area contributed by atoms with Gasteiger partial charge < -0.3 is 13.6 Å². The van der Waals surface area contributed by atoms with Gasteiger partial charge in [0.25, 0.3) is 0 Å². The quantitative estimate of drug-likeness (QED) is 0.168. The van der Waals surface area contributed by atoms with Crippen LogP contribution in [0.4, 0.5) is 0 Å². The Morgan fingerprint density at radius 1 is 0.333 bits per heavy atom. The van der Waals surface area contributed by atoms with E-state index in [1.165, 1.54) is 16.3 Å². The summed E-state index contributed by atoms with van der Waals surface area (Å²) >= 11 is 0. The summed E-state index contributed by atoms with van der Waals surface area (Å²) in [6.07, 6.45) is 0. The molecule has 6 heteroatoms. The van der Waals surface area contributed by atoms with Gasteiger partial charge in [-0.25, -0.2) is 15.0 Å². The van der Waals surface area contributed by atoms with Crippen LogP contribution in [-0.2, 0) is 0 Å². The van der Waals surface area contributed by atoms with E-state index in [-0.39, 0.29) is 0 Å². The fraction of sp³-hybridized carbons (Fsp3) is 0. The molecule has 0 aliphatic carbocycles. The van der Waals surface area contributed by atoms with E-state index in [4.69, 9.17) is 19.4 Å². The molecule has 294 valence electrons. The van der Waals surface area contributed by atoms with Crippen molar-refractivity contribution in [1.82, 2.24) is 24.1 Å². The summed E-state index contributed by atoms with van der Waals surface area (Å²) in [7, 11) is 0. The number of rotatable bonds is 6. The lowest BCUT2D eigenvalue weighted by atomic mass is 10.0. The van der Waals surface area contributed by atoms with Gasteiger partial charge in [0.2, 0.25) is 0 Å². The summed E-state index contributed by atoms with van der Waals surface area (Å²) in [6.45, 7) is 0. The minimum Gasteiger partial charge on any atom is -0.455 e. The molecule has 0 saturated carbocycles. The van der Waals surface area contributed by atoms with E-state index in [9.17, 15) is 0 Å². The van der Waals surface area contributed by atoms with E-state index >= 15 is 0 Å². The summed E-state index contributed by atoms with van der Waals surface area (Å²) in [4.78, 5) is 15.7. The fourth-order valence-corrected chi connectivity index (χ4v) is 9.53. The Bertz CT molecular complexity index is 3850. The molecule has 0 N–H and O–H groups in total. The molecule has 0 bridgehead atoms. The second-order valence-corrected chi connectivity index (χ2v) is 16.0. The lowest BCUT2D eigenvalue weighted by molar-refractivity contribution is 0.673. The first kappa shape index (κ1) is 35.2. The van der Waals surface area contributed by atoms with Crippen LogP contribution >= 0.6 is 0 Å². The third-order valence-electron chi connectivity index (χ3n) is 12.3. The molecule has 6 nitrogen and oxygen atoms in total. The minimum atomic E-state index is 0.583. The summed E-state index contributed by atoms with van der Waals surface area (Å²) in [6, 6.07) is 74.4. The topological polar surface area (TPSA) is 61.7 Å². The molecule has 0 radical (unpaired) electrons. The average molecular weight is 806 g/mol. The Morgan fingerprint density at radius 2 is 0.873 bits per heavy atom. The van der Waals surface area contributed by atoms with E-state index in [0.29, 0.717) is 17.5 Å². The Morgan fingerprint density at radius 3 is 1.60 bits per heavy atom. The van der Waals surface area contributed by atoms with Crippen molar-refractivity contribution in [1.29, 1.82) is 0 Å². The van der Waals surface area contributed by atoms with E-state index < -0.39 is 0 Å². The van der Waals surface area contributed by atoms with Crippen molar-refractivity contribution in [2.45, 2.75) is 0 Å². The Labute approximate surface area is 361 Å². The van der Waals surface area contributed by atoms with Gasteiger partial charge in [0.05, 0.1) is 27.5 Å². The number of aromatic nitrogens is 5. The standard InChI is InChI=1S/C57H35N5O/c1-4-17-36(18-5-1)55-58-56(37-19-6-2-7-20-37)60-57(59-55)47-35-46-44-26-12-15-30-51(44)63-54(46)52-45-27-11-14-29-49(45)62(53(47)52)41-24-16-21-38(33-41)39-31-32-43-42-25-10-13-28-48(42)61(50(43)34-39)40-22-8-3-9-23-40/h1-35H. The zero-order valence-corrected chi connectivity index (χ0v) is 33.9. The number of nitrogens with zero attached hydrogens (tertiary/aromatic N) is 5. The Kier molecular flexibility index (Phi) is 7.80. The SMILES string of the molecule is c1ccc(-c2nc(-c3ccccc3)nc(-c3cc4c5ccccc5oc4c4c5ccccc5n(-c5cccc(-c6ccc7c8ccccc8n(-c8ccccc8)c7c6)c5)c34)n2)cc1. The number of fused-ring (bicyclic) bond motifs is 10. The zero-order chi connectivity index (χ0) is 41.4. The molecule has 0 aliphatic heterocycles. The lowest BCUT2D eigenvalue weighted by Crippen LogP contribution is -2.02. The van der Waals surface area contributed by atoms with Crippen LogP contribution in [0, 0.1) is 0 Å². The zero-order valence-electron chi connectivity index (χ0n) is 33.9. The Hall–Kier alpha value is -8.61. The van der Waals surface area contributed by atoms with Gasteiger partial charge in [-0.3, -0.25) is 0 Å². The van der Waals surface area contributed by atoms with Crippen molar-refractivity contribution in [3.05, 3.63) is 212 Å². The van der Waals surface area contributed by atoms with Crippen molar-refractivity contribution in [3.63, 3.8) is 0 Å². The van der Waals surface area contributed by atoms with Crippen LogP contribution in [0.25, 0.3) is 122 Å². The van der Waals surface area contributed by atoms with Crippen LogP contribution in [-0.4, -0.2) is 24.1 Å². The number of hydrogen-bond acceptors (Lipinski definition) is 4. The highest BCUT2D eigenvalue weighted by molar-refractivity contribution is 6.27. The molecule has 0 atom stereocenters. The molecule has 9 aromatic carbocycles. The van der Waals surface area contributed by atoms with Gasteiger partial charge in [0.1, 0.15) is 11.2 Å². The third kappa shape index (κ3) is 5.55. The number of para-hydroxylation sites is 4. The van der Waals surface area contributed by atoms with E-state index in [1.807, 2.05) is 48.5 Å². The molecule has 4 aromatic heterocycles. The summed E-state index contributed by atoms with van der Waals surface area (Å²) in [5.41, 5.74) is 13.1. The van der Waals surface area contributed by atoms with Crippen molar-refractivity contribution < 1.29 is 4.42 Å². The van der Waals surface area contributed by atoms with Crippen LogP contribution in [0.3, 0.4) is 0 Å². The fourth-order valence-electron chi connectivity index (χ4n) is 9.53. The first-order valence-corrected chi connectivity index (χ1v) is 21.2. The maximum atomic E-state index is 6.84. The highest BCUT2D eigenvalue weighted by Gasteiger charge is 2.25. The van der Waals surface area contributed by atoms with Crippen LogP contribution < -0.4 is 0 Å². The van der Waals surface area contributed by atoms with Crippen LogP contribution in [0.1, 0.15) is 0 Å². The normalized spacial score (nSPS) is 11.8. The molecule has 0 aliphatic rings. The molecule has 63 heavy (non-hydrogen) atoms. The predicted octanol–water partition coefficient (Wildman–Crippen LogP) is 14.6. The molecule has 0 spiro atoms. The molecule has 0 fully saturated rings. The summed E-state index contributed by atoms with van der Waals surface area (Å²) in [5.74, 6) is 1.80. The van der Waals surface area contributed by atoms with Gasteiger partial charge in [0.15, 0.2) is 17.5 Å². The van der Waals surface area contributed by atoms with Crippen molar-refractivity contribution in [3.8, 4) is 56.7 Å². The van der Waals surface area contributed by atoms with Gasteiger partial charge >= 0.3 is 0 Å². The molecular formula is C57H35N5O. The van der Waals surface area contributed by atoms with E-state index in [2.05, 4.69) is 173 Å². The van der Waals surface area contributed by atoms with Gasteiger partial charge in [-0.15, -0.1) is 0 Å². The second-order valence-electron chi connectivity index (χ2n) is 16.0. The van der Waals surface area contributed by atoms with Gasteiger partial charge in [-0.05, 0) is 65.7 Å². The number of benzene rings is 9. The predicted molar refractivity (Wildman–Crippen MR) is 258 cm³/mol. The lowest BCUT2D eigenvalue weighted by Gasteiger charge is -2.14. The van der Waals surface area contributed by atoms with Gasteiger partial charge in [-0.2, -0.15) is 0 Å². The van der Waals surface area contributed by atoms with Crippen LogP contribution in [0.2, 0.25) is 0 Å². The Balaban J connectivity index is 1.10. The monoisotopic (exact) mass is 805 g/mol. The number of furan rings is 1. The summed E-state index contributed by atoms with van der Waals surface area (Å²) in [5, 5.41) is 6.59. The maximum Gasteiger partial charge on any atom is 0.166 e. The first-order valence-electron chi connectivity index (χ1n) is 21.2. The van der Waals surface area contributed by atoms with E-state index in [0.717, 1.165) is 88.5 Å². The third-order valence-corrected chi connectivity index (χ3v) is 12.3. The maximum absolute atomic E-state index is 6.84. The van der Waals surface area contributed by atoms with Gasteiger partial charge in [0, 0.05) is 55.0 Å². The first-order chi connectivity index (χ1) is 31.2. The van der Waals surface area contributed by atoms with Crippen LogP contribution in [0.5, 0.6) is 0 Å². The molecule has 0 amide bonds. The molecule has 13 aromatic rings. The highest BCUT2D eigenvalue weighted by Crippen LogP contribution is 2.45. The average Bonchev–Trinajstić information content (AvgIpc) is 4.02. The second kappa shape index (κ2) is 14.0. The van der Waals surface area contributed by atoms with Crippen molar-refractivity contribution >= 4 is 65.6 Å². The molecule has 0 unspecified atom stereocenters. The van der Waals surface area contributed by atoms with Crippen molar-refractivity contribution in [2.24, 2.45) is 0 Å². The minimum absolute atomic E-state index is 0.583.